The summed E-state index contributed by atoms with van der Waals surface area (Å²) in [6, 6.07) is -5.30. The molecule has 5 aliphatic rings. The van der Waals surface area contributed by atoms with Crippen molar-refractivity contribution in [1.82, 2.24) is 16.0 Å². The van der Waals surface area contributed by atoms with Crippen molar-refractivity contribution in [2.45, 2.75) is 199 Å². The third-order valence-corrected chi connectivity index (χ3v) is 13.9. The molecule has 5 saturated heterocycles. The summed E-state index contributed by atoms with van der Waals surface area (Å²) < 4.78 is 94.1. The monoisotopic (exact) mass is 1200 g/mol. The lowest BCUT2D eigenvalue weighted by Crippen LogP contribution is -2.70. The molecule has 466 valence electrons. The molecule has 21 N–H and O–H groups in total. The molecule has 80 heavy (non-hydrogen) atoms. The number of nitrogens with one attached hydrogen (secondary N) is 3. The maximum atomic E-state index is 12.7. The molecular formula is C42H73N3O34S. The van der Waals surface area contributed by atoms with Crippen LogP contribution in [-0.2, 0) is 76.3 Å². The smallest absolute Gasteiger partial charge is 0.394 e. The highest BCUT2D eigenvalue weighted by Crippen LogP contribution is 2.36. The van der Waals surface area contributed by atoms with E-state index in [0.29, 0.717) is 0 Å². The molecule has 5 heterocycles. The Labute approximate surface area is 453 Å². The minimum atomic E-state index is -5.34. The van der Waals surface area contributed by atoms with Gasteiger partial charge >= 0.3 is 10.4 Å². The number of rotatable bonds is 25. The van der Waals surface area contributed by atoms with Crippen molar-refractivity contribution >= 4 is 28.1 Å². The minimum absolute atomic E-state index is 0.812. The molecule has 29 atom stereocenters. The Balaban J connectivity index is 1.41. The summed E-state index contributed by atoms with van der Waals surface area (Å²) in [5.74, 6) is -2.63. The Kier molecular flexibility index (Phi) is 25.3. The van der Waals surface area contributed by atoms with Crippen LogP contribution in [0.15, 0.2) is 0 Å². The van der Waals surface area contributed by atoms with E-state index in [2.05, 4.69) is 20.1 Å². The van der Waals surface area contributed by atoms with Gasteiger partial charge in [-0.3, -0.25) is 18.9 Å². The van der Waals surface area contributed by atoms with Crippen LogP contribution >= 0.6 is 0 Å². The first-order valence-electron chi connectivity index (χ1n) is 24.7. The summed E-state index contributed by atoms with van der Waals surface area (Å²) in [5.41, 5.74) is 0. The first-order valence-corrected chi connectivity index (χ1v) is 26.0. The largest absolute Gasteiger partial charge is 0.397 e. The molecule has 0 aliphatic carbocycles. The van der Waals surface area contributed by atoms with Gasteiger partial charge in [0.1, 0.15) is 140 Å². The first kappa shape index (κ1) is 68.0. The molecule has 38 heteroatoms. The van der Waals surface area contributed by atoms with Crippen molar-refractivity contribution in [1.29, 1.82) is 0 Å². The third-order valence-electron chi connectivity index (χ3n) is 13.5. The van der Waals surface area contributed by atoms with Gasteiger partial charge in [-0.15, -0.1) is 0 Å². The van der Waals surface area contributed by atoms with Gasteiger partial charge in [0, 0.05) is 20.8 Å². The van der Waals surface area contributed by atoms with Crippen LogP contribution in [0.2, 0.25) is 0 Å². The van der Waals surface area contributed by atoms with Gasteiger partial charge < -0.3 is 150 Å². The first-order chi connectivity index (χ1) is 37.5. The maximum Gasteiger partial charge on any atom is 0.397 e. The number of ether oxygens (including phenoxy) is 10. The molecule has 0 spiro atoms. The number of carbonyl (C=O) groups is 3. The van der Waals surface area contributed by atoms with E-state index in [4.69, 9.17) is 47.4 Å². The summed E-state index contributed by atoms with van der Waals surface area (Å²) in [5, 5.41) is 189. The number of amides is 3. The van der Waals surface area contributed by atoms with Crippen LogP contribution in [0.5, 0.6) is 0 Å². The molecule has 0 unspecified atom stereocenters. The standard InChI is InChI=1S/C42H73N3O34S/c1-11(51)43-14(4-46)34(76-40-31(63)29(61)24(56)16(5-47)72-40)23(55)15(54)9-69-38-21(44-12(2)52)28(60)35(19(8-50)74-38)77-42-33(65)37(27(59)20(75-42)10-70-80(66,67)68)79-39-22(45-13(3)53)36(26(58)18(7-49)71-39)78-41-32(64)30(62)25(57)17(6-48)73-41/h14-42,46-50,54-65H,4-10H2,1-3H3,(H,43,51)(H,44,52)(H,45,53)(H,66,67,68)/t14-,15+,16+,17+,18+,19+,20+,21+,22+,23-,24-,25-,26+,27-,28+,29-,30-,31+,32+,33+,34+,35+,36+,37-,38+,39-,40-,41-,42-/m0/s1. The molecular weight excluding hydrogens is 1120 g/mol. The van der Waals surface area contributed by atoms with Gasteiger partial charge in [-0.2, -0.15) is 8.42 Å². The van der Waals surface area contributed by atoms with Crippen molar-refractivity contribution in [3.05, 3.63) is 0 Å². The van der Waals surface area contributed by atoms with E-state index in [0.717, 1.165) is 20.8 Å². The lowest BCUT2D eigenvalue weighted by atomic mass is 9.94. The zero-order chi connectivity index (χ0) is 59.8. The zero-order valence-electron chi connectivity index (χ0n) is 42.7. The van der Waals surface area contributed by atoms with E-state index in [1.54, 1.807) is 0 Å². The van der Waals surface area contributed by atoms with Crippen molar-refractivity contribution in [3.63, 3.8) is 0 Å². The summed E-state index contributed by atoms with van der Waals surface area (Å²) in [7, 11) is -5.34. The van der Waals surface area contributed by atoms with Gasteiger partial charge in [0.2, 0.25) is 17.7 Å². The Bertz CT molecular complexity index is 2070. The molecule has 5 aliphatic heterocycles. The molecule has 37 nitrogen and oxygen atoms in total. The fraction of sp³-hybridized carbons (Fsp3) is 0.929. The van der Waals surface area contributed by atoms with Crippen LogP contribution in [0.3, 0.4) is 0 Å². The number of aliphatic hydroxyl groups excluding tert-OH is 17. The molecule has 0 radical (unpaired) electrons. The van der Waals surface area contributed by atoms with Gasteiger partial charge in [-0.05, 0) is 0 Å². The van der Waals surface area contributed by atoms with Crippen molar-refractivity contribution in [2.75, 3.05) is 46.2 Å². The van der Waals surface area contributed by atoms with Crippen LogP contribution in [0.4, 0.5) is 0 Å². The van der Waals surface area contributed by atoms with E-state index in [1.807, 2.05) is 0 Å². The van der Waals surface area contributed by atoms with Gasteiger partial charge in [0.25, 0.3) is 0 Å². The summed E-state index contributed by atoms with van der Waals surface area (Å²) in [6.45, 7) is -4.55. The molecule has 3 amide bonds. The topological polar surface area (TPSA) is 587 Å². The molecule has 5 fully saturated rings. The second kappa shape index (κ2) is 29.8. The number of aliphatic hydroxyl groups is 17. The molecule has 0 aromatic carbocycles. The zero-order valence-corrected chi connectivity index (χ0v) is 43.5. The Hall–Kier alpha value is -2.80. The number of carbonyl (C=O) groups excluding carboxylic acids is 3. The predicted octanol–water partition coefficient (Wildman–Crippen LogP) is -14.2. The van der Waals surface area contributed by atoms with Crippen molar-refractivity contribution in [2.24, 2.45) is 0 Å². The van der Waals surface area contributed by atoms with Gasteiger partial charge in [-0.1, -0.05) is 0 Å². The van der Waals surface area contributed by atoms with Crippen LogP contribution < -0.4 is 16.0 Å². The number of hydrogen-bond acceptors (Lipinski definition) is 33. The highest BCUT2D eigenvalue weighted by atomic mass is 32.3. The average Bonchev–Trinajstić information content (AvgIpc) is 3.40. The molecule has 0 aromatic rings. The van der Waals surface area contributed by atoms with E-state index in [-0.39, 0.29) is 0 Å². The Morgan fingerprint density at radius 1 is 0.500 bits per heavy atom. The van der Waals surface area contributed by atoms with Gasteiger partial charge in [-0.25, -0.2) is 4.18 Å². The minimum Gasteiger partial charge on any atom is -0.394 e. The van der Waals surface area contributed by atoms with E-state index < -0.39 is 252 Å². The highest BCUT2D eigenvalue weighted by Gasteiger charge is 2.57. The highest BCUT2D eigenvalue weighted by molar-refractivity contribution is 7.80. The Morgan fingerprint density at radius 2 is 0.950 bits per heavy atom. The predicted molar refractivity (Wildman–Crippen MR) is 247 cm³/mol. The van der Waals surface area contributed by atoms with Crippen LogP contribution in [0.1, 0.15) is 20.8 Å². The lowest BCUT2D eigenvalue weighted by molar-refractivity contribution is -0.377. The average molecular weight is 1200 g/mol. The third kappa shape index (κ3) is 16.5. The maximum absolute atomic E-state index is 12.7. The second-order valence-corrected chi connectivity index (χ2v) is 20.4. The van der Waals surface area contributed by atoms with E-state index >= 15 is 0 Å². The van der Waals surface area contributed by atoms with Crippen LogP contribution in [0.25, 0.3) is 0 Å². The van der Waals surface area contributed by atoms with Crippen LogP contribution in [0, 0.1) is 0 Å². The molecule has 0 aromatic heterocycles. The second-order valence-electron chi connectivity index (χ2n) is 19.3. The fourth-order valence-corrected chi connectivity index (χ4v) is 9.67. The lowest BCUT2D eigenvalue weighted by Gasteiger charge is -2.50. The number of hydrogen-bond donors (Lipinski definition) is 21. The molecule has 0 saturated carbocycles. The normalized spacial score (nSPS) is 42.4. The van der Waals surface area contributed by atoms with Gasteiger partial charge in [0.05, 0.1) is 52.3 Å². The van der Waals surface area contributed by atoms with Crippen molar-refractivity contribution in [3.8, 4) is 0 Å². The van der Waals surface area contributed by atoms with E-state index in [9.17, 15) is 114 Å². The quantitative estimate of drug-likeness (QED) is 0.0378. The van der Waals surface area contributed by atoms with Crippen LogP contribution in [-0.4, -0.2) is 342 Å². The SMILES string of the molecule is CC(=O)N[C@H]1[C@H](OC[C@@H](O)[C@H](O)[C@H](O[C@@H]2O[C@H](CO)[C@H](O)[C@H](O)[C@H]2O)[C@H](CO)NC(C)=O)O[C@H](CO)[C@@H](O[C@@H]2O[C@H](COS(=O)(=O)O)[C@H](O)[C@H](O[C@@H]3O[C@H](CO)[C@@H](O)[C@H](O[C@@H]4O[C@H](CO)[C@H](O)[C@H](O)[C@H]4O)[C@H]3NC(C)=O)[C@H]2O)[C@@H]1O. The summed E-state index contributed by atoms with van der Waals surface area (Å²) in [6.07, 6.45) is -52.5. The summed E-state index contributed by atoms with van der Waals surface area (Å²) in [4.78, 5) is 37.3. The molecule has 5 rings (SSSR count). The summed E-state index contributed by atoms with van der Waals surface area (Å²) >= 11 is 0. The Morgan fingerprint density at radius 3 is 1.48 bits per heavy atom. The van der Waals surface area contributed by atoms with Crippen molar-refractivity contribution < 1.29 is 166 Å². The fourth-order valence-electron chi connectivity index (χ4n) is 9.36. The molecule has 0 bridgehead atoms. The van der Waals surface area contributed by atoms with E-state index in [1.165, 1.54) is 0 Å². The van der Waals surface area contributed by atoms with Gasteiger partial charge in [0.15, 0.2) is 31.5 Å².